The molecule has 0 atom stereocenters. The van der Waals surface area contributed by atoms with Crippen LogP contribution in [0.1, 0.15) is 24.8 Å². The summed E-state index contributed by atoms with van der Waals surface area (Å²) in [6.07, 6.45) is 7.70. The number of ether oxygens (including phenoxy) is 2. The van der Waals surface area contributed by atoms with Crippen LogP contribution >= 0.6 is 0 Å². The van der Waals surface area contributed by atoms with Crippen LogP contribution in [0.2, 0.25) is 0 Å². The lowest BCUT2D eigenvalue weighted by molar-refractivity contribution is 0.0677. The molecule has 5 nitrogen and oxygen atoms in total. The Morgan fingerprint density at radius 2 is 2.28 bits per heavy atom. The predicted octanol–water partition coefficient (Wildman–Crippen LogP) is 1.19. The first kappa shape index (κ1) is 13.5. The van der Waals surface area contributed by atoms with Crippen molar-refractivity contribution < 1.29 is 9.47 Å². The van der Waals surface area contributed by atoms with E-state index in [1.165, 1.54) is 18.4 Å². The third-order valence-electron chi connectivity index (χ3n) is 2.97. The van der Waals surface area contributed by atoms with Crippen LogP contribution in [0.3, 0.4) is 0 Å². The van der Waals surface area contributed by atoms with Crippen LogP contribution in [-0.2, 0) is 22.6 Å². The summed E-state index contributed by atoms with van der Waals surface area (Å²) >= 11 is 0. The molecule has 0 aliphatic heterocycles. The molecule has 0 aromatic carbocycles. The quantitative estimate of drug-likeness (QED) is 0.636. The number of nitrogens with one attached hydrogen (secondary N) is 1. The van der Waals surface area contributed by atoms with E-state index in [9.17, 15) is 0 Å². The second kappa shape index (κ2) is 7.51. The van der Waals surface area contributed by atoms with Gasteiger partial charge in [0.2, 0.25) is 0 Å². The standard InChI is InChI=1S/C13H23N3O2/c1-17-7-8-18-6-2-5-16-11-12(10-15-16)9-14-13-3-4-13/h10-11,13-14H,2-9H2,1H3. The van der Waals surface area contributed by atoms with E-state index in [0.29, 0.717) is 13.2 Å². The van der Waals surface area contributed by atoms with Crippen molar-refractivity contribution in [2.45, 2.75) is 38.4 Å². The Morgan fingerprint density at radius 3 is 3.06 bits per heavy atom. The molecule has 0 spiro atoms. The van der Waals surface area contributed by atoms with Crippen molar-refractivity contribution in [2.75, 3.05) is 26.9 Å². The van der Waals surface area contributed by atoms with E-state index in [-0.39, 0.29) is 0 Å². The third kappa shape index (κ3) is 5.16. The Bertz CT molecular complexity index is 337. The zero-order valence-electron chi connectivity index (χ0n) is 11.1. The monoisotopic (exact) mass is 253 g/mol. The zero-order chi connectivity index (χ0) is 12.6. The minimum Gasteiger partial charge on any atom is -0.382 e. The van der Waals surface area contributed by atoms with E-state index in [1.54, 1.807) is 7.11 Å². The molecule has 0 saturated heterocycles. The van der Waals surface area contributed by atoms with Crippen molar-refractivity contribution >= 4 is 0 Å². The molecule has 1 aliphatic carbocycles. The second-order valence-corrected chi connectivity index (χ2v) is 4.73. The minimum absolute atomic E-state index is 0.665. The number of hydrogen-bond donors (Lipinski definition) is 1. The van der Waals surface area contributed by atoms with Gasteiger partial charge in [0.15, 0.2) is 0 Å². The normalized spacial score (nSPS) is 15.2. The van der Waals surface area contributed by atoms with E-state index in [1.807, 2.05) is 10.9 Å². The van der Waals surface area contributed by atoms with Gasteiger partial charge >= 0.3 is 0 Å². The summed E-state index contributed by atoms with van der Waals surface area (Å²) in [5.74, 6) is 0. The summed E-state index contributed by atoms with van der Waals surface area (Å²) in [6, 6.07) is 0.752. The number of aryl methyl sites for hydroxylation is 1. The largest absolute Gasteiger partial charge is 0.382 e. The maximum Gasteiger partial charge on any atom is 0.0700 e. The van der Waals surface area contributed by atoms with Gasteiger partial charge in [-0.2, -0.15) is 5.10 Å². The van der Waals surface area contributed by atoms with Crippen molar-refractivity contribution in [3.63, 3.8) is 0 Å². The smallest absolute Gasteiger partial charge is 0.0700 e. The van der Waals surface area contributed by atoms with Crippen molar-refractivity contribution in [3.05, 3.63) is 18.0 Å². The molecule has 5 heteroatoms. The molecular weight excluding hydrogens is 230 g/mol. The van der Waals surface area contributed by atoms with E-state index in [2.05, 4.69) is 16.6 Å². The summed E-state index contributed by atoms with van der Waals surface area (Å²) in [4.78, 5) is 0. The highest BCUT2D eigenvalue weighted by molar-refractivity contribution is 5.04. The molecule has 1 heterocycles. The number of rotatable bonds is 10. The molecule has 1 aromatic heterocycles. The molecule has 1 saturated carbocycles. The lowest BCUT2D eigenvalue weighted by Gasteiger charge is -2.03. The molecule has 18 heavy (non-hydrogen) atoms. The molecule has 2 rings (SSSR count). The molecule has 1 aromatic rings. The van der Waals surface area contributed by atoms with Gasteiger partial charge in [-0.05, 0) is 19.3 Å². The Hall–Kier alpha value is -0.910. The van der Waals surface area contributed by atoms with Gasteiger partial charge in [0.1, 0.15) is 0 Å². The Morgan fingerprint density at radius 1 is 1.39 bits per heavy atom. The van der Waals surface area contributed by atoms with Gasteiger partial charge in [-0.15, -0.1) is 0 Å². The Balaban J connectivity index is 1.54. The summed E-state index contributed by atoms with van der Waals surface area (Å²) in [5, 5.41) is 7.83. The summed E-state index contributed by atoms with van der Waals surface area (Å²) in [5.41, 5.74) is 1.27. The maximum atomic E-state index is 5.41. The van der Waals surface area contributed by atoms with Crippen LogP contribution in [-0.4, -0.2) is 42.8 Å². The molecule has 0 bridgehead atoms. The van der Waals surface area contributed by atoms with Crippen molar-refractivity contribution in [1.82, 2.24) is 15.1 Å². The number of aromatic nitrogens is 2. The fourth-order valence-electron chi connectivity index (χ4n) is 1.74. The SMILES string of the molecule is COCCOCCCn1cc(CNC2CC2)cn1. The number of methoxy groups -OCH3 is 1. The zero-order valence-corrected chi connectivity index (χ0v) is 11.1. The molecule has 102 valence electrons. The topological polar surface area (TPSA) is 48.3 Å². The van der Waals surface area contributed by atoms with Crippen LogP contribution in [0.15, 0.2) is 12.4 Å². The number of nitrogens with zero attached hydrogens (tertiary/aromatic N) is 2. The maximum absolute atomic E-state index is 5.41. The molecule has 1 fully saturated rings. The summed E-state index contributed by atoms with van der Waals surface area (Å²) < 4.78 is 12.3. The minimum atomic E-state index is 0.665. The highest BCUT2D eigenvalue weighted by Crippen LogP contribution is 2.19. The van der Waals surface area contributed by atoms with E-state index in [4.69, 9.17) is 9.47 Å². The van der Waals surface area contributed by atoms with Crippen molar-refractivity contribution in [1.29, 1.82) is 0 Å². The van der Waals surface area contributed by atoms with Crippen LogP contribution < -0.4 is 5.32 Å². The Kier molecular flexibility index (Phi) is 5.64. The highest BCUT2D eigenvalue weighted by atomic mass is 16.5. The molecule has 1 aliphatic rings. The van der Waals surface area contributed by atoms with Gasteiger partial charge in [-0.1, -0.05) is 0 Å². The molecule has 1 N–H and O–H groups in total. The van der Waals surface area contributed by atoms with Gasteiger partial charge in [0.05, 0.1) is 19.4 Å². The first-order valence-electron chi connectivity index (χ1n) is 6.70. The van der Waals surface area contributed by atoms with Crippen LogP contribution in [0, 0.1) is 0 Å². The first-order valence-corrected chi connectivity index (χ1v) is 6.70. The van der Waals surface area contributed by atoms with Crippen LogP contribution in [0.25, 0.3) is 0 Å². The van der Waals surface area contributed by atoms with Gasteiger partial charge < -0.3 is 14.8 Å². The fourth-order valence-corrected chi connectivity index (χ4v) is 1.74. The van der Waals surface area contributed by atoms with Gasteiger partial charge in [-0.25, -0.2) is 0 Å². The lowest BCUT2D eigenvalue weighted by atomic mass is 10.3. The van der Waals surface area contributed by atoms with Gasteiger partial charge in [0.25, 0.3) is 0 Å². The summed E-state index contributed by atoms with van der Waals surface area (Å²) in [6.45, 7) is 3.95. The van der Waals surface area contributed by atoms with E-state index < -0.39 is 0 Å². The molecule has 0 radical (unpaired) electrons. The van der Waals surface area contributed by atoms with Gasteiger partial charge in [-0.3, -0.25) is 4.68 Å². The fraction of sp³-hybridized carbons (Fsp3) is 0.769. The van der Waals surface area contributed by atoms with Crippen molar-refractivity contribution in [3.8, 4) is 0 Å². The van der Waals surface area contributed by atoms with Crippen LogP contribution in [0.4, 0.5) is 0 Å². The molecule has 0 amide bonds. The third-order valence-corrected chi connectivity index (χ3v) is 2.97. The van der Waals surface area contributed by atoms with E-state index >= 15 is 0 Å². The summed E-state index contributed by atoms with van der Waals surface area (Å²) in [7, 11) is 1.68. The van der Waals surface area contributed by atoms with Crippen LogP contribution in [0.5, 0.6) is 0 Å². The average molecular weight is 253 g/mol. The van der Waals surface area contributed by atoms with Crippen molar-refractivity contribution in [2.24, 2.45) is 0 Å². The second-order valence-electron chi connectivity index (χ2n) is 4.73. The van der Waals surface area contributed by atoms with E-state index in [0.717, 1.165) is 32.2 Å². The average Bonchev–Trinajstić information content (AvgIpc) is 3.11. The molecular formula is C13H23N3O2. The molecule has 0 unspecified atom stereocenters. The highest BCUT2D eigenvalue weighted by Gasteiger charge is 2.20. The predicted molar refractivity (Wildman–Crippen MR) is 69.4 cm³/mol. The van der Waals surface area contributed by atoms with Gasteiger partial charge in [0, 0.05) is 44.6 Å². The lowest BCUT2D eigenvalue weighted by Crippen LogP contribution is -2.14. The Labute approximate surface area is 108 Å². The number of hydrogen-bond acceptors (Lipinski definition) is 4. The first-order chi connectivity index (χ1) is 8.88.